The standard InChI is InChI=1S/C17H15N5O.C16H13N5O2/c1-10-6-11(2)8-12(7-10)13-9-15-20-16(14-4-3-5-23-14)21-22(15)17(18)19-13;17-16-18-12(11-4-1-3-10(7-11)9-22)8-14-19-15(20-21(14)16)13-5-2-6-23-13/h3-9H,1-2H3,(H2,18,19);1-8,22H,9H2,(H2,17,18). The molecule has 0 saturated heterocycles. The molecule has 0 bridgehead atoms. The number of nitrogens with zero attached hydrogens (tertiary/aromatic N) is 8. The topological polar surface area (TPSA) is 185 Å². The van der Waals surface area contributed by atoms with E-state index in [0.717, 1.165) is 22.4 Å². The molecule has 0 atom stereocenters. The SMILES string of the molecule is Cc1cc(C)cc(-c2cc3nc(-c4ccco4)nn3c(N)n2)c1.Nc1nc(-c2cccc(CO)c2)cc2nc(-c3ccco3)nn12. The van der Waals surface area contributed by atoms with Gasteiger partial charge in [-0.3, -0.25) is 0 Å². The van der Waals surface area contributed by atoms with Gasteiger partial charge in [0, 0.05) is 23.3 Å². The number of aryl methyl sites for hydroxylation is 2. The number of furan rings is 2. The number of nitrogen functional groups attached to an aromatic ring is 2. The summed E-state index contributed by atoms with van der Waals surface area (Å²) in [6.07, 6.45) is 3.15. The van der Waals surface area contributed by atoms with Crippen LogP contribution in [0.4, 0.5) is 11.9 Å². The molecule has 6 aromatic heterocycles. The van der Waals surface area contributed by atoms with Crippen molar-refractivity contribution in [2.24, 2.45) is 0 Å². The average molecular weight is 613 g/mol. The summed E-state index contributed by atoms with van der Waals surface area (Å²) in [6, 6.07) is 24.6. The quantitative estimate of drug-likeness (QED) is 0.227. The average Bonchev–Trinajstić information content (AvgIpc) is 3.87. The van der Waals surface area contributed by atoms with E-state index < -0.39 is 0 Å². The molecule has 0 saturated carbocycles. The fourth-order valence-corrected chi connectivity index (χ4v) is 5.09. The molecule has 0 unspecified atom stereocenters. The van der Waals surface area contributed by atoms with Crippen molar-refractivity contribution >= 4 is 23.2 Å². The van der Waals surface area contributed by atoms with E-state index in [1.54, 1.807) is 36.8 Å². The van der Waals surface area contributed by atoms with Gasteiger partial charge in [-0.25, -0.2) is 19.9 Å². The van der Waals surface area contributed by atoms with Crippen molar-refractivity contribution in [3.05, 3.63) is 108 Å². The predicted octanol–water partition coefficient (Wildman–Crippen LogP) is 5.38. The van der Waals surface area contributed by atoms with Crippen molar-refractivity contribution in [1.82, 2.24) is 39.2 Å². The first-order valence-electron chi connectivity index (χ1n) is 14.3. The Morgan fingerprint density at radius 2 is 1.17 bits per heavy atom. The second-order valence-corrected chi connectivity index (χ2v) is 10.6. The number of fused-ring (bicyclic) bond motifs is 2. The summed E-state index contributed by atoms with van der Waals surface area (Å²) in [4.78, 5) is 17.7. The van der Waals surface area contributed by atoms with E-state index in [-0.39, 0.29) is 12.6 Å². The minimum atomic E-state index is -0.0286. The molecule has 6 heterocycles. The number of aliphatic hydroxyl groups excluding tert-OH is 1. The molecule has 0 fully saturated rings. The van der Waals surface area contributed by atoms with Gasteiger partial charge in [0.25, 0.3) is 0 Å². The third kappa shape index (κ3) is 5.53. The van der Waals surface area contributed by atoms with Crippen molar-refractivity contribution in [3.63, 3.8) is 0 Å². The summed E-state index contributed by atoms with van der Waals surface area (Å²) < 4.78 is 13.6. The zero-order chi connectivity index (χ0) is 31.8. The maximum Gasteiger partial charge on any atom is 0.223 e. The predicted molar refractivity (Wildman–Crippen MR) is 172 cm³/mol. The van der Waals surface area contributed by atoms with Crippen LogP contribution in [0.5, 0.6) is 0 Å². The zero-order valence-corrected chi connectivity index (χ0v) is 24.9. The van der Waals surface area contributed by atoms with Crippen molar-refractivity contribution in [3.8, 4) is 45.7 Å². The molecular formula is C33H28N10O3. The number of benzene rings is 2. The van der Waals surface area contributed by atoms with Crippen molar-refractivity contribution in [2.45, 2.75) is 20.5 Å². The van der Waals surface area contributed by atoms with Crippen molar-refractivity contribution in [1.29, 1.82) is 0 Å². The second kappa shape index (κ2) is 11.6. The van der Waals surface area contributed by atoms with Crippen LogP contribution in [0.1, 0.15) is 16.7 Å². The summed E-state index contributed by atoms with van der Waals surface area (Å²) in [6.45, 7) is 4.09. The van der Waals surface area contributed by atoms with Gasteiger partial charge in [0.2, 0.25) is 23.5 Å². The van der Waals surface area contributed by atoms with Crippen LogP contribution >= 0.6 is 0 Å². The number of hydrogen-bond acceptors (Lipinski definition) is 11. The van der Waals surface area contributed by atoms with Crippen LogP contribution in [0.25, 0.3) is 57.0 Å². The fraction of sp³-hybridized carbons (Fsp3) is 0.0909. The number of nitrogens with two attached hydrogens (primary N) is 2. The summed E-state index contributed by atoms with van der Waals surface area (Å²) in [5.74, 6) is 2.63. The Bertz CT molecular complexity index is 2280. The van der Waals surface area contributed by atoms with Gasteiger partial charge in [-0.2, -0.15) is 9.03 Å². The highest BCUT2D eigenvalue weighted by Crippen LogP contribution is 2.26. The van der Waals surface area contributed by atoms with Crippen LogP contribution < -0.4 is 11.5 Å². The van der Waals surface area contributed by atoms with Crippen LogP contribution in [0.3, 0.4) is 0 Å². The van der Waals surface area contributed by atoms with E-state index in [1.165, 1.54) is 20.2 Å². The van der Waals surface area contributed by atoms with E-state index in [1.807, 2.05) is 36.4 Å². The van der Waals surface area contributed by atoms with Gasteiger partial charge in [-0.05, 0) is 61.9 Å². The first-order chi connectivity index (χ1) is 22.3. The second-order valence-electron chi connectivity index (χ2n) is 10.6. The molecule has 228 valence electrons. The monoisotopic (exact) mass is 612 g/mol. The van der Waals surface area contributed by atoms with Gasteiger partial charge in [-0.15, -0.1) is 10.2 Å². The molecule has 0 amide bonds. The van der Waals surface area contributed by atoms with Gasteiger partial charge in [0.15, 0.2) is 22.8 Å². The van der Waals surface area contributed by atoms with Crippen LogP contribution in [0.15, 0.2) is 100 Å². The Labute approximate surface area is 261 Å². The molecule has 0 aliphatic rings. The molecule has 13 nitrogen and oxygen atoms in total. The lowest BCUT2D eigenvalue weighted by Gasteiger charge is -2.06. The lowest BCUT2D eigenvalue weighted by atomic mass is 10.0. The maximum atomic E-state index is 9.26. The fourth-order valence-electron chi connectivity index (χ4n) is 5.09. The number of aliphatic hydroxyl groups is 1. The molecule has 13 heteroatoms. The van der Waals surface area contributed by atoms with E-state index >= 15 is 0 Å². The highest BCUT2D eigenvalue weighted by atomic mass is 16.3. The van der Waals surface area contributed by atoms with Crippen LogP contribution in [0, 0.1) is 13.8 Å². The lowest BCUT2D eigenvalue weighted by Crippen LogP contribution is -2.03. The van der Waals surface area contributed by atoms with Crippen LogP contribution in [0.2, 0.25) is 0 Å². The molecule has 0 aliphatic carbocycles. The largest absolute Gasteiger partial charge is 0.461 e. The van der Waals surface area contributed by atoms with Crippen LogP contribution in [-0.2, 0) is 6.61 Å². The summed E-state index contributed by atoms with van der Waals surface area (Å²) >= 11 is 0. The number of rotatable bonds is 5. The van der Waals surface area contributed by atoms with Crippen LogP contribution in [-0.4, -0.2) is 44.3 Å². The molecule has 8 rings (SSSR count). The maximum absolute atomic E-state index is 9.26. The molecule has 0 aliphatic heterocycles. The van der Waals surface area contributed by atoms with Gasteiger partial charge >= 0.3 is 0 Å². The minimum absolute atomic E-state index is 0.0286. The number of hydrogen-bond donors (Lipinski definition) is 3. The zero-order valence-electron chi connectivity index (χ0n) is 24.9. The first-order valence-corrected chi connectivity index (χ1v) is 14.3. The Balaban J connectivity index is 0.000000147. The highest BCUT2D eigenvalue weighted by molar-refractivity contribution is 5.69. The molecule has 8 aromatic rings. The summed E-state index contributed by atoms with van der Waals surface area (Å²) in [5.41, 5.74) is 19.8. The summed E-state index contributed by atoms with van der Waals surface area (Å²) in [7, 11) is 0. The molecule has 5 N–H and O–H groups in total. The molecule has 2 aromatic carbocycles. The Morgan fingerprint density at radius 1 is 0.630 bits per heavy atom. The minimum Gasteiger partial charge on any atom is -0.461 e. The van der Waals surface area contributed by atoms with Gasteiger partial charge in [-0.1, -0.05) is 35.4 Å². The molecule has 0 spiro atoms. The van der Waals surface area contributed by atoms with E-state index in [4.69, 9.17) is 20.3 Å². The molecule has 46 heavy (non-hydrogen) atoms. The number of anilines is 2. The Hall–Kier alpha value is -6.34. The normalized spacial score (nSPS) is 11.2. The van der Waals surface area contributed by atoms with Gasteiger partial charge in [0.05, 0.1) is 30.5 Å². The highest BCUT2D eigenvalue weighted by Gasteiger charge is 2.15. The molecular weight excluding hydrogens is 584 g/mol. The van der Waals surface area contributed by atoms with E-state index in [9.17, 15) is 5.11 Å². The summed E-state index contributed by atoms with van der Waals surface area (Å²) in [5, 5.41) is 17.9. The smallest absolute Gasteiger partial charge is 0.223 e. The Kier molecular flexibility index (Phi) is 7.19. The van der Waals surface area contributed by atoms with E-state index in [2.05, 4.69) is 62.2 Å². The van der Waals surface area contributed by atoms with E-state index in [0.29, 0.717) is 46.1 Å². The molecule has 0 radical (unpaired) electrons. The van der Waals surface area contributed by atoms with Crippen molar-refractivity contribution < 1.29 is 13.9 Å². The van der Waals surface area contributed by atoms with Gasteiger partial charge in [0.1, 0.15) is 0 Å². The third-order valence-electron chi connectivity index (χ3n) is 7.11. The number of aromatic nitrogens is 8. The lowest BCUT2D eigenvalue weighted by molar-refractivity contribution is 0.282. The Morgan fingerprint density at radius 3 is 1.67 bits per heavy atom. The van der Waals surface area contributed by atoms with Crippen molar-refractivity contribution in [2.75, 3.05) is 11.5 Å². The first kappa shape index (κ1) is 28.4. The third-order valence-corrected chi connectivity index (χ3v) is 7.11. The van der Waals surface area contributed by atoms with Gasteiger partial charge < -0.3 is 25.4 Å².